The van der Waals surface area contributed by atoms with Crippen LogP contribution in [0.25, 0.3) is 0 Å². The lowest BCUT2D eigenvalue weighted by molar-refractivity contribution is -0.312. The lowest BCUT2D eigenvalue weighted by Gasteiger charge is -2.48. The van der Waals surface area contributed by atoms with Gasteiger partial charge in [0.2, 0.25) is 0 Å². The molecule has 48 heavy (non-hydrogen) atoms. The van der Waals surface area contributed by atoms with Crippen LogP contribution in [-0.4, -0.2) is 110 Å². The molecule has 12 heteroatoms. The van der Waals surface area contributed by atoms with Gasteiger partial charge in [-0.3, -0.25) is 9.59 Å². The van der Waals surface area contributed by atoms with Crippen LogP contribution in [0.1, 0.15) is 109 Å². The summed E-state index contributed by atoms with van der Waals surface area (Å²) in [6.07, 6.45) is -8.48. The zero-order valence-corrected chi connectivity index (χ0v) is 31.1. The van der Waals surface area contributed by atoms with Gasteiger partial charge in [-0.05, 0) is 65.2 Å². The van der Waals surface area contributed by atoms with Crippen molar-refractivity contribution in [3.05, 3.63) is 0 Å². The number of esters is 1. The molecule has 0 spiro atoms. The minimum Gasteiger partial charge on any atom is -0.459 e. The summed E-state index contributed by atoms with van der Waals surface area (Å²) in [6.45, 7) is 20.5. The van der Waals surface area contributed by atoms with Crippen LogP contribution < -0.4 is 0 Å². The number of ketones is 1. The summed E-state index contributed by atoms with van der Waals surface area (Å²) in [6, 6.07) is 0. The van der Waals surface area contributed by atoms with E-state index in [4.69, 9.17) is 23.7 Å². The standard InChI is InChI=1S/C36H64O12/c1-13-24-36(12,43)29(39)20(5)26(37)18(3)15-35(11,42)31(48-33-27(38)17(2)14-19(4)44-33)21(6)28(22(7)32(41)46-24)47-25-16-34(9,10)30(40)23(8)45-25/h17-25,27-31,33,38-40,42-43H,13-16H2,1-12H3/t17-,18+,19+,20-,21-,22+,23-,24+,25?,27+,28-,29+,30-,31+,33?,35-,36+/m0/s1. The molecule has 3 rings (SSSR count). The molecular formula is C36H64O12. The molecule has 0 amide bonds. The van der Waals surface area contributed by atoms with Crippen LogP contribution in [0.5, 0.6) is 0 Å². The van der Waals surface area contributed by atoms with Gasteiger partial charge in [-0.2, -0.15) is 0 Å². The molecule has 0 bridgehead atoms. The second kappa shape index (κ2) is 15.6. The molecule has 2 unspecified atom stereocenters. The first kappa shape index (κ1) is 41.2. The Morgan fingerprint density at radius 2 is 1.44 bits per heavy atom. The first-order valence-electron chi connectivity index (χ1n) is 17.8. The largest absolute Gasteiger partial charge is 0.459 e. The van der Waals surface area contributed by atoms with Crippen molar-refractivity contribution in [1.82, 2.24) is 0 Å². The summed E-state index contributed by atoms with van der Waals surface area (Å²) >= 11 is 0. The third kappa shape index (κ3) is 8.80. The van der Waals surface area contributed by atoms with Crippen LogP contribution in [0.3, 0.4) is 0 Å². The Balaban J connectivity index is 2.16. The van der Waals surface area contributed by atoms with E-state index in [0.717, 1.165) is 0 Å². The zero-order valence-electron chi connectivity index (χ0n) is 31.1. The molecule has 5 N–H and O–H groups in total. The highest BCUT2D eigenvalue weighted by molar-refractivity contribution is 5.83. The number of aliphatic hydroxyl groups is 5. The molecule has 3 saturated heterocycles. The number of hydrogen-bond acceptors (Lipinski definition) is 12. The summed E-state index contributed by atoms with van der Waals surface area (Å²) in [5.41, 5.74) is -4.30. The van der Waals surface area contributed by atoms with Gasteiger partial charge in [0, 0.05) is 24.2 Å². The number of cyclic esters (lactones) is 1. The van der Waals surface area contributed by atoms with Crippen LogP contribution in [0.2, 0.25) is 0 Å². The fourth-order valence-corrected chi connectivity index (χ4v) is 8.20. The topological polar surface area (TPSA) is 181 Å². The maximum atomic E-state index is 14.0. The quantitative estimate of drug-likeness (QED) is 0.267. The predicted octanol–water partition coefficient (Wildman–Crippen LogP) is 3.11. The van der Waals surface area contributed by atoms with Gasteiger partial charge in [0.1, 0.15) is 23.6 Å². The van der Waals surface area contributed by atoms with E-state index < -0.39 is 107 Å². The molecule has 0 aromatic heterocycles. The molecule has 3 fully saturated rings. The van der Waals surface area contributed by atoms with Gasteiger partial charge in [-0.15, -0.1) is 0 Å². The summed E-state index contributed by atoms with van der Waals surface area (Å²) in [5.74, 6) is -4.92. The molecule has 3 aliphatic rings. The number of carbonyl (C=O) groups is 2. The molecule has 280 valence electrons. The van der Waals surface area contributed by atoms with Crippen molar-refractivity contribution < 1.29 is 58.8 Å². The van der Waals surface area contributed by atoms with Crippen molar-refractivity contribution in [2.45, 2.75) is 181 Å². The molecule has 0 aliphatic carbocycles. The van der Waals surface area contributed by atoms with Gasteiger partial charge in [-0.25, -0.2) is 0 Å². The minimum atomic E-state index is -1.97. The molecule has 0 aromatic carbocycles. The maximum Gasteiger partial charge on any atom is 0.311 e. The van der Waals surface area contributed by atoms with Crippen LogP contribution >= 0.6 is 0 Å². The molecular weight excluding hydrogens is 624 g/mol. The molecule has 3 heterocycles. The summed E-state index contributed by atoms with van der Waals surface area (Å²) < 4.78 is 31.2. The summed E-state index contributed by atoms with van der Waals surface area (Å²) in [5, 5.41) is 57.0. The van der Waals surface area contributed by atoms with Gasteiger partial charge in [0.25, 0.3) is 0 Å². The monoisotopic (exact) mass is 688 g/mol. The molecule has 3 aliphatic heterocycles. The third-order valence-corrected chi connectivity index (χ3v) is 11.3. The van der Waals surface area contributed by atoms with E-state index in [2.05, 4.69) is 0 Å². The van der Waals surface area contributed by atoms with Crippen molar-refractivity contribution in [1.29, 1.82) is 0 Å². The Morgan fingerprint density at radius 3 is 2.00 bits per heavy atom. The first-order valence-corrected chi connectivity index (χ1v) is 17.8. The Hall–Kier alpha value is -1.22. The van der Waals surface area contributed by atoms with Crippen molar-refractivity contribution in [2.24, 2.45) is 35.0 Å². The van der Waals surface area contributed by atoms with Crippen molar-refractivity contribution in [3.63, 3.8) is 0 Å². The fraction of sp³-hybridized carbons (Fsp3) is 0.944. The summed E-state index contributed by atoms with van der Waals surface area (Å²) in [4.78, 5) is 27.7. The number of carbonyl (C=O) groups excluding carboxylic acids is 2. The number of ether oxygens (including phenoxy) is 5. The van der Waals surface area contributed by atoms with Gasteiger partial charge in [0.15, 0.2) is 12.6 Å². The van der Waals surface area contributed by atoms with Crippen molar-refractivity contribution >= 4 is 11.8 Å². The van der Waals surface area contributed by atoms with E-state index in [0.29, 0.717) is 12.8 Å². The van der Waals surface area contributed by atoms with Crippen LogP contribution in [-0.2, 0) is 33.3 Å². The second-order valence-electron chi connectivity index (χ2n) is 16.4. The minimum absolute atomic E-state index is 0.104. The van der Waals surface area contributed by atoms with E-state index >= 15 is 0 Å². The van der Waals surface area contributed by atoms with Crippen molar-refractivity contribution in [3.8, 4) is 0 Å². The van der Waals surface area contributed by atoms with Gasteiger partial charge in [-0.1, -0.05) is 48.5 Å². The van der Waals surface area contributed by atoms with Gasteiger partial charge >= 0.3 is 5.97 Å². The Kier molecular flexibility index (Phi) is 13.4. The smallest absolute Gasteiger partial charge is 0.311 e. The molecule has 0 aromatic rings. The lowest BCUT2D eigenvalue weighted by atomic mass is 9.74. The molecule has 0 radical (unpaired) electrons. The highest BCUT2D eigenvalue weighted by Gasteiger charge is 2.52. The summed E-state index contributed by atoms with van der Waals surface area (Å²) in [7, 11) is 0. The number of hydrogen-bond donors (Lipinski definition) is 5. The Morgan fingerprint density at radius 1 is 0.833 bits per heavy atom. The predicted molar refractivity (Wildman–Crippen MR) is 176 cm³/mol. The van der Waals surface area contributed by atoms with E-state index in [1.165, 1.54) is 20.8 Å². The highest BCUT2D eigenvalue weighted by atomic mass is 16.7. The second-order valence-corrected chi connectivity index (χ2v) is 16.4. The van der Waals surface area contributed by atoms with Crippen LogP contribution in [0.4, 0.5) is 0 Å². The van der Waals surface area contributed by atoms with Gasteiger partial charge in [0.05, 0.1) is 48.1 Å². The van der Waals surface area contributed by atoms with Gasteiger partial charge < -0.3 is 49.2 Å². The Bertz CT molecular complexity index is 1090. The van der Waals surface area contributed by atoms with E-state index in [1.54, 1.807) is 34.6 Å². The number of Topliss-reactive ketones (excluding diaryl/α,β-unsaturated/α-hetero) is 1. The number of aliphatic hydroxyl groups excluding tert-OH is 3. The van der Waals surface area contributed by atoms with Crippen LogP contribution in [0, 0.1) is 35.0 Å². The number of rotatable bonds is 5. The normalized spacial score (nSPS) is 50.0. The zero-order chi connectivity index (χ0) is 36.7. The Labute approximate surface area is 286 Å². The lowest BCUT2D eigenvalue weighted by Crippen LogP contribution is -2.59. The molecule has 17 atom stereocenters. The average Bonchev–Trinajstić information content (AvgIpc) is 2.99. The fourth-order valence-electron chi connectivity index (χ4n) is 8.20. The van der Waals surface area contributed by atoms with E-state index in [9.17, 15) is 35.1 Å². The van der Waals surface area contributed by atoms with E-state index in [1.807, 2.05) is 27.7 Å². The first-order chi connectivity index (χ1) is 22.0. The molecule has 12 nitrogen and oxygen atoms in total. The molecule has 0 saturated carbocycles. The average molecular weight is 689 g/mol. The van der Waals surface area contributed by atoms with Crippen molar-refractivity contribution in [2.75, 3.05) is 0 Å². The SMILES string of the molecule is CC[C@H]1OC(=O)[C@H](C)[C@@H](OC2CC(C)(C)[C@@H](O)[C@H](C)O2)[C@H](C)[C@@H](OC2O[C@H](C)C[C@H](C)[C@H]2O)[C@@](C)(O)C[C@@H](C)C(=O)[C@H](C)[C@@H](O)[C@]1(C)O. The third-order valence-electron chi connectivity index (χ3n) is 11.3. The van der Waals surface area contributed by atoms with E-state index in [-0.39, 0.29) is 24.9 Å². The maximum absolute atomic E-state index is 14.0. The van der Waals surface area contributed by atoms with Crippen LogP contribution in [0.15, 0.2) is 0 Å². The highest BCUT2D eigenvalue weighted by Crippen LogP contribution is 2.42.